The van der Waals surface area contributed by atoms with E-state index in [1.54, 1.807) is 55.1 Å². The maximum Gasteiger partial charge on any atom is 0.264 e. The molecule has 0 unspecified atom stereocenters. The number of sulfonamides is 1. The molecule has 2 aromatic carbocycles. The van der Waals surface area contributed by atoms with Crippen molar-refractivity contribution < 1.29 is 13.2 Å². The number of thioether (sulfide) groups is 1. The van der Waals surface area contributed by atoms with Crippen LogP contribution in [0.3, 0.4) is 0 Å². The fraction of sp³-hybridized carbons (Fsp3) is 0.409. The van der Waals surface area contributed by atoms with Crippen molar-refractivity contribution >= 4 is 33.4 Å². The molecule has 1 N–H and O–H groups in total. The van der Waals surface area contributed by atoms with Crippen molar-refractivity contribution in [1.82, 2.24) is 5.32 Å². The third kappa shape index (κ3) is 5.14. The zero-order valence-electron chi connectivity index (χ0n) is 16.9. The number of carbonyl (C=O) groups excluding carboxylic acids is 1. The quantitative estimate of drug-likeness (QED) is 0.645. The first-order valence-electron chi connectivity index (χ1n) is 10.0. The van der Waals surface area contributed by atoms with Crippen molar-refractivity contribution in [3.05, 3.63) is 54.1 Å². The van der Waals surface area contributed by atoms with Crippen molar-refractivity contribution in [1.29, 1.82) is 0 Å². The fourth-order valence-electron chi connectivity index (χ4n) is 3.66. The van der Waals surface area contributed by atoms with Crippen LogP contribution in [-0.2, 0) is 10.0 Å². The van der Waals surface area contributed by atoms with E-state index in [9.17, 15) is 13.2 Å². The Morgan fingerprint density at radius 1 is 1.03 bits per heavy atom. The van der Waals surface area contributed by atoms with E-state index in [0.717, 1.165) is 30.6 Å². The van der Waals surface area contributed by atoms with Gasteiger partial charge in [0.15, 0.2) is 0 Å². The lowest BCUT2D eigenvalue weighted by molar-refractivity contribution is 0.0927. The minimum absolute atomic E-state index is 0.0954. The number of hydrogen-bond donors (Lipinski definition) is 1. The molecule has 0 aromatic heterocycles. The lowest BCUT2D eigenvalue weighted by Gasteiger charge is -2.24. The second kappa shape index (κ2) is 9.67. The van der Waals surface area contributed by atoms with Gasteiger partial charge in [0, 0.05) is 23.0 Å². The highest BCUT2D eigenvalue weighted by Gasteiger charge is 2.24. The predicted octanol–water partition coefficient (Wildman–Crippen LogP) is 4.69. The maximum atomic E-state index is 13.1. The van der Waals surface area contributed by atoms with Crippen LogP contribution in [0.25, 0.3) is 0 Å². The molecule has 7 heteroatoms. The Hall–Kier alpha value is -1.99. The normalized spacial score (nSPS) is 15.1. The van der Waals surface area contributed by atoms with Gasteiger partial charge >= 0.3 is 0 Å². The fourth-order valence-corrected chi connectivity index (χ4v) is 5.54. The Morgan fingerprint density at radius 3 is 2.21 bits per heavy atom. The molecular formula is C22H28N2O3S2. The van der Waals surface area contributed by atoms with Crippen molar-refractivity contribution in [2.75, 3.05) is 17.1 Å². The van der Waals surface area contributed by atoms with Gasteiger partial charge in [0.2, 0.25) is 0 Å². The topological polar surface area (TPSA) is 66.5 Å². The molecule has 3 rings (SSSR count). The molecule has 1 fully saturated rings. The largest absolute Gasteiger partial charge is 0.349 e. The molecule has 1 amide bonds. The second-order valence-electron chi connectivity index (χ2n) is 7.20. The minimum Gasteiger partial charge on any atom is -0.349 e. The summed E-state index contributed by atoms with van der Waals surface area (Å²) in [5.41, 5.74) is 1.10. The van der Waals surface area contributed by atoms with Crippen LogP contribution < -0.4 is 9.62 Å². The summed E-state index contributed by atoms with van der Waals surface area (Å²) in [4.78, 5) is 13.8. The molecular weight excluding hydrogens is 404 g/mol. The van der Waals surface area contributed by atoms with E-state index < -0.39 is 10.0 Å². The van der Waals surface area contributed by atoms with Gasteiger partial charge in [-0.1, -0.05) is 19.3 Å². The summed E-state index contributed by atoms with van der Waals surface area (Å²) in [5.74, 6) is -0.0954. The van der Waals surface area contributed by atoms with Crippen LogP contribution in [0.2, 0.25) is 0 Å². The molecule has 0 saturated heterocycles. The number of benzene rings is 2. The van der Waals surface area contributed by atoms with E-state index in [4.69, 9.17) is 0 Å². The third-order valence-corrected chi connectivity index (χ3v) is 7.95. The molecule has 0 radical (unpaired) electrons. The van der Waals surface area contributed by atoms with E-state index in [0.29, 0.717) is 17.8 Å². The number of carbonyl (C=O) groups is 1. The first-order valence-corrected chi connectivity index (χ1v) is 12.7. The van der Waals surface area contributed by atoms with Gasteiger partial charge in [-0.3, -0.25) is 9.10 Å². The Balaban J connectivity index is 1.76. The molecule has 0 spiro atoms. The van der Waals surface area contributed by atoms with E-state index in [1.807, 2.05) is 18.4 Å². The van der Waals surface area contributed by atoms with Crippen LogP contribution in [0.4, 0.5) is 5.69 Å². The first-order chi connectivity index (χ1) is 14.0. The van der Waals surface area contributed by atoms with E-state index in [1.165, 1.54) is 10.7 Å². The molecule has 156 valence electrons. The van der Waals surface area contributed by atoms with Crippen molar-refractivity contribution in [3.63, 3.8) is 0 Å². The third-order valence-electron chi connectivity index (χ3n) is 5.29. The van der Waals surface area contributed by atoms with Gasteiger partial charge in [0.1, 0.15) is 0 Å². The summed E-state index contributed by atoms with van der Waals surface area (Å²) in [6.45, 7) is 2.11. The maximum absolute atomic E-state index is 13.1. The minimum atomic E-state index is -3.66. The summed E-state index contributed by atoms with van der Waals surface area (Å²) in [6.07, 6.45) is 7.56. The van der Waals surface area contributed by atoms with Crippen molar-refractivity contribution in [2.24, 2.45) is 0 Å². The average molecular weight is 433 g/mol. The molecule has 1 aliphatic rings. The predicted molar refractivity (Wildman–Crippen MR) is 119 cm³/mol. The molecule has 5 nitrogen and oxygen atoms in total. The SMILES string of the molecule is CCN(c1ccc(C(=O)NC2CCCCC2)cc1)S(=O)(=O)c1ccc(SC)cc1. The number of nitrogens with zero attached hydrogens (tertiary/aromatic N) is 1. The van der Waals surface area contributed by atoms with E-state index in [2.05, 4.69) is 5.32 Å². The summed E-state index contributed by atoms with van der Waals surface area (Å²) in [5, 5.41) is 3.09. The summed E-state index contributed by atoms with van der Waals surface area (Å²) in [6, 6.07) is 13.9. The number of rotatable bonds is 7. The molecule has 29 heavy (non-hydrogen) atoms. The number of amides is 1. The molecule has 0 heterocycles. The molecule has 0 bridgehead atoms. The van der Waals surface area contributed by atoms with Crippen LogP contribution in [0.5, 0.6) is 0 Å². The molecule has 1 aliphatic carbocycles. The second-order valence-corrected chi connectivity index (χ2v) is 9.94. The first kappa shape index (κ1) is 21.7. The summed E-state index contributed by atoms with van der Waals surface area (Å²) < 4.78 is 27.5. The standard InChI is InChI=1S/C22H28N2O3S2/c1-3-24(29(26,27)21-15-13-20(28-2)14-16-21)19-11-9-17(10-12-19)22(25)23-18-7-5-4-6-8-18/h9-16,18H,3-8H2,1-2H3,(H,23,25). The van der Waals surface area contributed by atoms with Crippen LogP contribution >= 0.6 is 11.8 Å². The molecule has 1 saturated carbocycles. The Labute approximate surface area is 177 Å². The van der Waals surface area contributed by atoms with Gasteiger partial charge in [0.05, 0.1) is 10.6 Å². The Bertz CT molecular complexity index is 920. The highest BCUT2D eigenvalue weighted by atomic mass is 32.2. The Morgan fingerprint density at radius 2 is 1.66 bits per heavy atom. The van der Waals surface area contributed by atoms with Crippen LogP contribution in [-0.4, -0.2) is 33.2 Å². The Kier molecular flexibility index (Phi) is 7.24. The van der Waals surface area contributed by atoms with E-state index in [-0.39, 0.29) is 16.8 Å². The monoisotopic (exact) mass is 432 g/mol. The van der Waals surface area contributed by atoms with Crippen LogP contribution in [0.1, 0.15) is 49.4 Å². The average Bonchev–Trinajstić information content (AvgIpc) is 2.75. The lowest BCUT2D eigenvalue weighted by atomic mass is 9.95. The van der Waals surface area contributed by atoms with Crippen molar-refractivity contribution in [2.45, 2.75) is 54.9 Å². The van der Waals surface area contributed by atoms with Crippen LogP contribution in [0, 0.1) is 0 Å². The van der Waals surface area contributed by atoms with Gasteiger partial charge in [-0.2, -0.15) is 0 Å². The highest BCUT2D eigenvalue weighted by Crippen LogP contribution is 2.26. The van der Waals surface area contributed by atoms with Gasteiger partial charge in [-0.15, -0.1) is 11.8 Å². The van der Waals surface area contributed by atoms with Gasteiger partial charge in [-0.25, -0.2) is 8.42 Å². The summed E-state index contributed by atoms with van der Waals surface area (Å²) >= 11 is 1.57. The number of nitrogens with one attached hydrogen (secondary N) is 1. The van der Waals surface area contributed by atoms with Crippen LogP contribution in [0.15, 0.2) is 58.3 Å². The number of anilines is 1. The number of hydrogen-bond acceptors (Lipinski definition) is 4. The smallest absolute Gasteiger partial charge is 0.264 e. The molecule has 0 atom stereocenters. The lowest BCUT2D eigenvalue weighted by Crippen LogP contribution is -2.36. The van der Waals surface area contributed by atoms with Gasteiger partial charge in [0.25, 0.3) is 15.9 Å². The van der Waals surface area contributed by atoms with Crippen molar-refractivity contribution in [3.8, 4) is 0 Å². The summed E-state index contributed by atoms with van der Waals surface area (Å²) in [7, 11) is -3.66. The van der Waals surface area contributed by atoms with Gasteiger partial charge < -0.3 is 5.32 Å². The highest BCUT2D eigenvalue weighted by molar-refractivity contribution is 7.98. The zero-order valence-corrected chi connectivity index (χ0v) is 18.6. The van der Waals surface area contributed by atoms with Gasteiger partial charge in [-0.05, 0) is 74.6 Å². The molecule has 0 aliphatic heterocycles. The zero-order chi connectivity index (χ0) is 20.9. The molecule has 2 aromatic rings. The van der Waals surface area contributed by atoms with E-state index >= 15 is 0 Å².